The summed E-state index contributed by atoms with van der Waals surface area (Å²) in [5.74, 6) is 0. The highest BCUT2D eigenvalue weighted by Crippen LogP contribution is 2.17. The highest BCUT2D eigenvalue weighted by molar-refractivity contribution is 5.67. The lowest BCUT2D eigenvalue weighted by Gasteiger charge is -2.22. The molecule has 1 heterocycles. The van der Waals surface area contributed by atoms with Gasteiger partial charge in [0.2, 0.25) is 0 Å². The SMILES string of the molecule is O=C(NC1CCCCC1)OC[C@@H]1CCCN1. The molecule has 0 aromatic carbocycles. The molecule has 2 aliphatic rings. The summed E-state index contributed by atoms with van der Waals surface area (Å²) < 4.78 is 5.22. The van der Waals surface area contributed by atoms with Crippen LogP contribution in [0.3, 0.4) is 0 Å². The fraction of sp³-hybridized carbons (Fsp3) is 0.917. The number of ether oxygens (including phenoxy) is 1. The second kappa shape index (κ2) is 6.09. The summed E-state index contributed by atoms with van der Waals surface area (Å²) >= 11 is 0. The molecule has 0 aromatic rings. The van der Waals surface area contributed by atoms with Crippen LogP contribution in [0.25, 0.3) is 0 Å². The Hall–Kier alpha value is -0.770. The summed E-state index contributed by atoms with van der Waals surface area (Å²) in [6.07, 6.45) is 8.06. The number of alkyl carbamates (subject to hydrolysis) is 1. The molecule has 0 spiro atoms. The van der Waals surface area contributed by atoms with Gasteiger partial charge in [0.25, 0.3) is 0 Å². The number of hydrogen-bond donors (Lipinski definition) is 2. The molecule has 1 aliphatic heterocycles. The second-order valence-corrected chi connectivity index (χ2v) is 4.87. The Bertz CT molecular complexity index is 221. The van der Waals surface area contributed by atoms with Gasteiger partial charge in [-0.2, -0.15) is 0 Å². The first kappa shape index (κ1) is 11.7. The number of hydrogen-bond acceptors (Lipinski definition) is 3. The van der Waals surface area contributed by atoms with E-state index in [4.69, 9.17) is 4.74 Å². The van der Waals surface area contributed by atoms with Crippen molar-refractivity contribution in [3.63, 3.8) is 0 Å². The summed E-state index contributed by atoms with van der Waals surface area (Å²) in [6, 6.07) is 0.717. The van der Waals surface area contributed by atoms with E-state index in [1.807, 2.05) is 0 Å². The van der Waals surface area contributed by atoms with Crippen molar-refractivity contribution in [2.75, 3.05) is 13.2 Å². The van der Waals surface area contributed by atoms with Crippen molar-refractivity contribution in [2.45, 2.75) is 57.0 Å². The van der Waals surface area contributed by atoms with E-state index in [1.54, 1.807) is 0 Å². The minimum Gasteiger partial charge on any atom is -0.448 e. The van der Waals surface area contributed by atoms with E-state index < -0.39 is 0 Å². The lowest BCUT2D eigenvalue weighted by Crippen LogP contribution is -2.38. The van der Waals surface area contributed by atoms with Gasteiger partial charge in [0.1, 0.15) is 6.61 Å². The fourth-order valence-electron chi connectivity index (χ4n) is 2.53. The molecule has 1 amide bonds. The van der Waals surface area contributed by atoms with Crippen molar-refractivity contribution in [3.8, 4) is 0 Å². The van der Waals surface area contributed by atoms with E-state index >= 15 is 0 Å². The van der Waals surface area contributed by atoms with Crippen LogP contribution in [0.5, 0.6) is 0 Å². The smallest absolute Gasteiger partial charge is 0.407 e. The molecule has 1 atom stereocenters. The molecule has 0 aromatic heterocycles. The Morgan fingerprint density at radius 3 is 2.69 bits per heavy atom. The van der Waals surface area contributed by atoms with Gasteiger partial charge in [-0.1, -0.05) is 19.3 Å². The third-order valence-electron chi connectivity index (χ3n) is 3.51. The molecule has 4 nitrogen and oxygen atoms in total. The number of carbonyl (C=O) groups excluding carboxylic acids is 1. The zero-order valence-corrected chi connectivity index (χ0v) is 9.84. The normalized spacial score (nSPS) is 26.6. The van der Waals surface area contributed by atoms with Gasteiger partial charge in [-0.05, 0) is 32.2 Å². The van der Waals surface area contributed by atoms with Crippen molar-refractivity contribution in [1.29, 1.82) is 0 Å². The van der Waals surface area contributed by atoms with Crippen LogP contribution in [0.4, 0.5) is 4.79 Å². The molecule has 92 valence electrons. The molecule has 16 heavy (non-hydrogen) atoms. The molecule has 0 radical (unpaired) electrons. The zero-order chi connectivity index (χ0) is 11.2. The molecule has 2 N–H and O–H groups in total. The van der Waals surface area contributed by atoms with Crippen molar-refractivity contribution < 1.29 is 9.53 Å². The summed E-state index contributed by atoms with van der Waals surface area (Å²) in [4.78, 5) is 11.5. The van der Waals surface area contributed by atoms with Crippen LogP contribution >= 0.6 is 0 Å². The highest BCUT2D eigenvalue weighted by Gasteiger charge is 2.19. The Labute approximate surface area is 97.1 Å². The first-order valence-electron chi connectivity index (χ1n) is 6.51. The summed E-state index contributed by atoms with van der Waals surface area (Å²) in [5.41, 5.74) is 0. The van der Waals surface area contributed by atoms with Gasteiger partial charge in [0.15, 0.2) is 0 Å². The minimum atomic E-state index is -0.236. The number of amides is 1. The van der Waals surface area contributed by atoms with Gasteiger partial charge >= 0.3 is 6.09 Å². The molecular weight excluding hydrogens is 204 g/mol. The third kappa shape index (κ3) is 3.67. The lowest BCUT2D eigenvalue weighted by atomic mass is 9.96. The standard InChI is InChI=1S/C12H22N2O2/c15-12(14-10-5-2-1-3-6-10)16-9-11-7-4-8-13-11/h10-11,13H,1-9H2,(H,14,15)/t11-/m0/s1. The molecule has 2 fully saturated rings. The van der Waals surface area contributed by atoms with E-state index in [0.717, 1.165) is 25.8 Å². The quantitative estimate of drug-likeness (QED) is 0.771. The second-order valence-electron chi connectivity index (χ2n) is 4.87. The molecular formula is C12H22N2O2. The largest absolute Gasteiger partial charge is 0.448 e. The predicted octanol–water partition coefficient (Wildman–Crippen LogP) is 1.80. The third-order valence-corrected chi connectivity index (χ3v) is 3.51. The first-order valence-corrected chi connectivity index (χ1v) is 6.51. The predicted molar refractivity (Wildman–Crippen MR) is 62.4 cm³/mol. The molecule has 0 unspecified atom stereocenters. The van der Waals surface area contributed by atoms with Crippen LogP contribution in [-0.2, 0) is 4.74 Å². The molecule has 4 heteroatoms. The van der Waals surface area contributed by atoms with E-state index in [9.17, 15) is 4.79 Å². The van der Waals surface area contributed by atoms with Crippen LogP contribution in [-0.4, -0.2) is 31.3 Å². The Morgan fingerprint density at radius 1 is 1.19 bits per heavy atom. The van der Waals surface area contributed by atoms with E-state index in [2.05, 4.69) is 10.6 Å². The molecule has 0 bridgehead atoms. The van der Waals surface area contributed by atoms with Crippen molar-refractivity contribution in [1.82, 2.24) is 10.6 Å². The average molecular weight is 226 g/mol. The summed E-state index contributed by atoms with van der Waals surface area (Å²) in [5, 5.41) is 6.26. The van der Waals surface area contributed by atoms with Crippen LogP contribution in [0.2, 0.25) is 0 Å². The number of nitrogens with one attached hydrogen (secondary N) is 2. The van der Waals surface area contributed by atoms with Crippen LogP contribution in [0.1, 0.15) is 44.9 Å². The van der Waals surface area contributed by atoms with E-state index in [-0.39, 0.29) is 6.09 Å². The van der Waals surface area contributed by atoms with Gasteiger partial charge < -0.3 is 15.4 Å². The van der Waals surface area contributed by atoms with Crippen molar-refractivity contribution in [2.24, 2.45) is 0 Å². The maximum atomic E-state index is 11.5. The fourth-order valence-corrected chi connectivity index (χ4v) is 2.53. The Morgan fingerprint density at radius 2 is 2.00 bits per heavy atom. The molecule has 1 saturated carbocycles. The zero-order valence-electron chi connectivity index (χ0n) is 9.84. The minimum absolute atomic E-state index is 0.236. The average Bonchev–Trinajstić information content (AvgIpc) is 2.81. The van der Waals surface area contributed by atoms with Gasteiger partial charge in [-0.15, -0.1) is 0 Å². The van der Waals surface area contributed by atoms with Crippen molar-refractivity contribution >= 4 is 6.09 Å². The monoisotopic (exact) mass is 226 g/mol. The molecule has 2 rings (SSSR count). The topological polar surface area (TPSA) is 50.4 Å². The summed E-state index contributed by atoms with van der Waals surface area (Å²) in [7, 11) is 0. The van der Waals surface area contributed by atoms with Crippen LogP contribution in [0, 0.1) is 0 Å². The molecule has 1 saturated heterocycles. The first-order chi connectivity index (χ1) is 7.84. The number of rotatable bonds is 3. The maximum Gasteiger partial charge on any atom is 0.407 e. The Kier molecular flexibility index (Phi) is 4.45. The van der Waals surface area contributed by atoms with Crippen molar-refractivity contribution in [3.05, 3.63) is 0 Å². The van der Waals surface area contributed by atoms with Crippen LogP contribution in [0.15, 0.2) is 0 Å². The van der Waals surface area contributed by atoms with Crippen LogP contribution < -0.4 is 10.6 Å². The van der Waals surface area contributed by atoms with Gasteiger partial charge in [0.05, 0.1) is 0 Å². The van der Waals surface area contributed by atoms with Gasteiger partial charge in [0, 0.05) is 12.1 Å². The van der Waals surface area contributed by atoms with E-state index in [0.29, 0.717) is 18.7 Å². The Balaban J connectivity index is 1.59. The van der Waals surface area contributed by atoms with E-state index in [1.165, 1.54) is 25.7 Å². The lowest BCUT2D eigenvalue weighted by molar-refractivity contribution is 0.130. The van der Waals surface area contributed by atoms with Gasteiger partial charge in [-0.25, -0.2) is 4.79 Å². The number of carbonyl (C=O) groups is 1. The maximum absolute atomic E-state index is 11.5. The molecule has 1 aliphatic carbocycles. The van der Waals surface area contributed by atoms with Gasteiger partial charge in [-0.3, -0.25) is 0 Å². The highest BCUT2D eigenvalue weighted by atomic mass is 16.5. The summed E-state index contributed by atoms with van der Waals surface area (Å²) in [6.45, 7) is 1.57.